The molecule has 6 nitrogen and oxygen atoms in total. The van der Waals surface area contributed by atoms with Gasteiger partial charge in [0.05, 0.1) is 22.9 Å². The number of para-hydroxylation sites is 2. The minimum atomic E-state index is -0.309. The van der Waals surface area contributed by atoms with E-state index in [1.165, 1.54) is 0 Å². The fraction of sp³-hybridized carbons (Fsp3) is 0. The number of halogens is 1. The van der Waals surface area contributed by atoms with Gasteiger partial charge in [-0.05, 0) is 46.3 Å². The number of nitrogens with zero attached hydrogens (tertiary/aromatic N) is 3. The van der Waals surface area contributed by atoms with Crippen LogP contribution in [0.1, 0.15) is 10.5 Å². The maximum Gasteiger partial charge on any atom is 0.275 e. The Bertz CT molecular complexity index is 1040. The van der Waals surface area contributed by atoms with E-state index in [2.05, 4.69) is 41.2 Å². The van der Waals surface area contributed by atoms with E-state index in [4.69, 9.17) is 0 Å². The Balaban J connectivity index is 1.63. The predicted octanol–water partition coefficient (Wildman–Crippen LogP) is 4.03. The molecule has 0 radical (unpaired) electrons. The van der Waals surface area contributed by atoms with Gasteiger partial charge < -0.3 is 10.3 Å². The number of hydrogen-bond acceptors (Lipinski definition) is 4. The summed E-state index contributed by atoms with van der Waals surface area (Å²) in [6, 6.07) is 13.1. The van der Waals surface area contributed by atoms with Gasteiger partial charge in [0.25, 0.3) is 5.91 Å². The minimum Gasteiger partial charge on any atom is -0.338 e. The summed E-state index contributed by atoms with van der Waals surface area (Å²) in [6.07, 6.45) is 4.85. The molecule has 3 aromatic heterocycles. The van der Waals surface area contributed by atoms with Crippen molar-refractivity contribution in [2.45, 2.75) is 0 Å². The molecule has 0 unspecified atom stereocenters. The van der Waals surface area contributed by atoms with Crippen LogP contribution in [0.2, 0.25) is 0 Å². The van der Waals surface area contributed by atoms with E-state index >= 15 is 0 Å². The van der Waals surface area contributed by atoms with Crippen LogP contribution in [0.5, 0.6) is 0 Å². The molecular weight excluding hydrogens is 382 g/mol. The number of amides is 1. The number of imidazole rings is 1. The van der Waals surface area contributed by atoms with Crippen LogP contribution in [0.15, 0.2) is 65.5 Å². The number of hydrogen-bond donors (Lipinski definition) is 2. The van der Waals surface area contributed by atoms with Crippen molar-refractivity contribution in [2.24, 2.45) is 0 Å². The van der Waals surface area contributed by atoms with Gasteiger partial charge in [0.2, 0.25) is 0 Å². The highest BCUT2D eigenvalue weighted by molar-refractivity contribution is 9.10. The number of aromatic amines is 1. The largest absolute Gasteiger partial charge is 0.338 e. The molecule has 1 amide bonds. The molecule has 2 N–H and O–H groups in total. The van der Waals surface area contributed by atoms with E-state index in [1.807, 2.05) is 30.3 Å². The van der Waals surface area contributed by atoms with Crippen molar-refractivity contribution < 1.29 is 4.79 Å². The molecule has 4 aromatic rings. The number of aromatic nitrogens is 4. The maximum atomic E-state index is 12.4. The molecular formula is C18H12BrN5O. The third kappa shape index (κ3) is 3.14. The average Bonchev–Trinajstić information content (AvgIpc) is 3.06. The molecule has 0 fully saturated rings. The second-order valence-electron chi connectivity index (χ2n) is 5.35. The van der Waals surface area contributed by atoms with Crippen molar-refractivity contribution in [3.63, 3.8) is 0 Å². The first-order chi connectivity index (χ1) is 12.2. The Hall–Kier alpha value is -3.06. The monoisotopic (exact) mass is 393 g/mol. The number of nitrogens with one attached hydrogen (secondary N) is 2. The predicted molar refractivity (Wildman–Crippen MR) is 99.2 cm³/mol. The normalized spacial score (nSPS) is 10.8. The quantitative estimate of drug-likeness (QED) is 0.550. The van der Waals surface area contributed by atoms with Gasteiger partial charge in [0.15, 0.2) is 0 Å². The summed E-state index contributed by atoms with van der Waals surface area (Å²) in [4.78, 5) is 28.4. The molecule has 0 aliphatic rings. The third-order valence-electron chi connectivity index (χ3n) is 3.63. The number of carbonyl (C=O) groups excluding carboxylic acids is 1. The lowest BCUT2D eigenvalue weighted by atomic mass is 10.2. The van der Waals surface area contributed by atoms with Gasteiger partial charge in [-0.15, -0.1) is 0 Å². The summed E-state index contributed by atoms with van der Waals surface area (Å²) >= 11 is 3.33. The topological polar surface area (TPSA) is 83.6 Å². The first kappa shape index (κ1) is 15.5. The number of anilines is 1. The van der Waals surface area contributed by atoms with E-state index in [0.717, 1.165) is 16.6 Å². The highest BCUT2D eigenvalue weighted by Gasteiger charge is 2.12. The summed E-state index contributed by atoms with van der Waals surface area (Å²) in [6.45, 7) is 0. The number of H-pyrrole nitrogens is 1. The van der Waals surface area contributed by atoms with Crippen LogP contribution >= 0.6 is 15.9 Å². The maximum absolute atomic E-state index is 12.4. The molecule has 1 aromatic carbocycles. The summed E-state index contributed by atoms with van der Waals surface area (Å²) in [5.74, 6) is 0.389. The molecule has 0 saturated carbocycles. The lowest BCUT2D eigenvalue weighted by Crippen LogP contribution is -2.14. The van der Waals surface area contributed by atoms with Crippen molar-refractivity contribution in [1.29, 1.82) is 0 Å². The second kappa shape index (κ2) is 6.45. The molecule has 0 bridgehead atoms. The van der Waals surface area contributed by atoms with Crippen molar-refractivity contribution in [1.82, 2.24) is 19.9 Å². The van der Waals surface area contributed by atoms with Crippen LogP contribution in [-0.2, 0) is 0 Å². The van der Waals surface area contributed by atoms with Crippen LogP contribution < -0.4 is 5.32 Å². The van der Waals surface area contributed by atoms with Crippen molar-refractivity contribution in [2.75, 3.05) is 5.32 Å². The molecule has 0 spiro atoms. The van der Waals surface area contributed by atoms with Gasteiger partial charge in [0.1, 0.15) is 11.5 Å². The Morgan fingerprint density at radius 1 is 1.12 bits per heavy atom. The fourth-order valence-corrected chi connectivity index (χ4v) is 2.91. The summed E-state index contributed by atoms with van der Waals surface area (Å²) < 4.78 is 0.633. The van der Waals surface area contributed by atoms with Gasteiger partial charge in [0, 0.05) is 22.4 Å². The van der Waals surface area contributed by atoms with Crippen LogP contribution in [0.3, 0.4) is 0 Å². The van der Waals surface area contributed by atoms with Gasteiger partial charge in [-0.1, -0.05) is 12.1 Å². The third-order valence-corrected chi connectivity index (χ3v) is 4.27. The lowest BCUT2D eigenvalue weighted by Gasteiger charge is -2.06. The van der Waals surface area contributed by atoms with Crippen LogP contribution in [0, 0.1) is 0 Å². The molecule has 4 rings (SSSR count). The molecule has 3 heterocycles. The Morgan fingerprint density at radius 2 is 2.00 bits per heavy atom. The van der Waals surface area contributed by atoms with E-state index in [9.17, 15) is 4.79 Å². The van der Waals surface area contributed by atoms with E-state index < -0.39 is 0 Å². The molecule has 7 heteroatoms. The zero-order valence-electron chi connectivity index (χ0n) is 12.9. The highest BCUT2D eigenvalue weighted by atomic mass is 79.9. The molecule has 25 heavy (non-hydrogen) atoms. The smallest absolute Gasteiger partial charge is 0.275 e. The number of pyridine rings is 2. The molecule has 0 aliphatic carbocycles. The molecule has 122 valence electrons. The number of rotatable bonds is 3. The highest BCUT2D eigenvalue weighted by Crippen LogP contribution is 2.22. The lowest BCUT2D eigenvalue weighted by molar-refractivity contribution is 0.102. The van der Waals surface area contributed by atoms with Crippen molar-refractivity contribution in [3.05, 3.63) is 71.2 Å². The van der Waals surface area contributed by atoms with Crippen LogP contribution in [0.25, 0.3) is 22.4 Å². The first-order valence-electron chi connectivity index (χ1n) is 7.53. The zero-order chi connectivity index (χ0) is 17.2. The van der Waals surface area contributed by atoms with Crippen LogP contribution in [-0.4, -0.2) is 25.8 Å². The van der Waals surface area contributed by atoms with E-state index in [1.54, 1.807) is 30.7 Å². The standard InChI is InChI=1S/C18H12BrN5O/c19-13-4-3-7-21-16(13)18(25)22-12-8-11(9-20-10-12)17-23-14-5-1-2-6-15(14)24-17/h1-10H,(H,22,25)(H,23,24). The van der Waals surface area contributed by atoms with Gasteiger partial charge >= 0.3 is 0 Å². The molecule has 0 aliphatic heterocycles. The molecule has 0 atom stereocenters. The summed E-state index contributed by atoms with van der Waals surface area (Å²) in [5, 5.41) is 2.81. The SMILES string of the molecule is O=C(Nc1cncc(-c2nc3ccccc3[nH]2)c1)c1ncccc1Br. The Labute approximate surface area is 151 Å². The fourth-order valence-electron chi connectivity index (χ4n) is 2.47. The zero-order valence-corrected chi connectivity index (χ0v) is 14.5. The number of carbonyl (C=O) groups is 1. The Morgan fingerprint density at radius 3 is 2.84 bits per heavy atom. The van der Waals surface area contributed by atoms with Crippen molar-refractivity contribution in [3.8, 4) is 11.4 Å². The average molecular weight is 394 g/mol. The summed E-state index contributed by atoms with van der Waals surface area (Å²) in [7, 11) is 0. The first-order valence-corrected chi connectivity index (χ1v) is 8.32. The van der Waals surface area contributed by atoms with Gasteiger partial charge in [-0.2, -0.15) is 0 Å². The molecule has 0 saturated heterocycles. The van der Waals surface area contributed by atoms with E-state index in [-0.39, 0.29) is 5.91 Å². The number of benzene rings is 1. The Kier molecular flexibility index (Phi) is 3.99. The minimum absolute atomic E-state index is 0.309. The number of fused-ring (bicyclic) bond motifs is 1. The van der Waals surface area contributed by atoms with Gasteiger partial charge in [-0.3, -0.25) is 9.78 Å². The van der Waals surface area contributed by atoms with Crippen molar-refractivity contribution >= 4 is 38.6 Å². The van der Waals surface area contributed by atoms with Crippen LogP contribution in [0.4, 0.5) is 5.69 Å². The van der Waals surface area contributed by atoms with Gasteiger partial charge in [-0.25, -0.2) is 9.97 Å². The van der Waals surface area contributed by atoms with E-state index in [0.29, 0.717) is 21.7 Å². The summed E-state index contributed by atoms with van der Waals surface area (Å²) in [5.41, 5.74) is 3.50. The second-order valence-corrected chi connectivity index (χ2v) is 6.21.